The second kappa shape index (κ2) is 9.42. The van der Waals surface area contributed by atoms with Gasteiger partial charge in [-0.25, -0.2) is 0 Å². The monoisotopic (exact) mass is 526 g/mol. The van der Waals surface area contributed by atoms with Gasteiger partial charge in [-0.15, -0.1) is 0 Å². The van der Waals surface area contributed by atoms with Crippen LogP contribution in [0.15, 0.2) is 70.6 Å². The Labute approximate surface area is 211 Å². The average Bonchev–Trinajstić information content (AvgIpc) is 3.36. The van der Waals surface area contributed by atoms with Crippen molar-refractivity contribution in [1.29, 1.82) is 0 Å². The molecule has 2 N–H and O–H groups in total. The number of nitro groups is 1. The van der Waals surface area contributed by atoms with Gasteiger partial charge in [-0.3, -0.25) is 24.9 Å². The van der Waals surface area contributed by atoms with Crippen molar-refractivity contribution in [2.75, 3.05) is 12.2 Å². The Morgan fingerprint density at radius 2 is 1.82 bits per heavy atom. The van der Waals surface area contributed by atoms with Crippen molar-refractivity contribution in [2.45, 2.75) is 12.7 Å². The van der Waals surface area contributed by atoms with Gasteiger partial charge in [-0.1, -0.05) is 24.3 Å². The van der Waals surface area contributed by atoms with Crippen LogP contribution in [0.5, 0.6) is 17.4 Å². The first-order valence-electron chi connectivity index (χ1n) is 11.0. The van der Waals surface area contributed by atoms with E-state index in [4.69, 9.17) is 9.47 Å². The van der Waals surface area contributed by atoms with E-state index in [1.54, 1.807) is 42.5 Å². The molecule has 2 heterocycles. The van der Waals surface area contributed by atoms with Crippen molar-refractivity contribution in [3.63, 3.8) is 0 Å². The van der Waals surface area contributed by atoms with Crippen LogP contribution in [0.1, 0.15) is 16.7 Å². The van der Waals surface area contributed by atoms with Crippen LogP contribution >= 0.6 is 0 Å². The van der Waals surface area contributed by atoms with E-state index in [1.807, 2.05) is 0 Å². The summed E-state index contributed by atoms with van der Waals surface area (Å²) in [5, 5.41) is 26.9. The minimum absolute atomic E-state index is 0.0230. The zero-order valence-corrected chi connectivity index (χ0v) is 19.2. The molecule has 0 saturated carbocycles. The number of anilines is 1. The molecule has 0 fully saturated rings. The van der Waals surface area contributed by atoms with Crippen molar-refractivity contribution in [1.82, 2.24) is 4.57 Å². The van der Waals surface area contributed by atoms with Crippen molar-refractivity contribution in [2.24, 2.45) is 5.10 Å². The van der Waals surface area contributed by atoms with Gasteiger partial charge in [0.1, 0.15) is 5.69 Å². The van der Waals surface area contributed by atoms with Crippen LogP contribution in [0.4, 0.5) is 24.5 Å². The van der Waals surface area contributed by atoms with E-state index >= 15 is 0 Å². The topological polar surface area (TPSA) is 128 Å². The molecule has 13 heteroatoms. The summed E-state index contributed by atoms with van der Waals surface area (Å²) < 4.78 is 50.7. The molecule has 4 aromatic rings. The summed E-state index contributed by atoms with van der Waals surface area (Å²) in [5.74, 6) is 0.624. The number of nitro benzene ring substituents is 1. The van der Waals surface area contributed by atoms with Crippen LogP contribution in [0.2, 0.25) is 0 Å². The Hall–Kier alpha value is -5.07. The van der Waals surface area contributed by atoms with E-state index in [9.17, 15) is 33.2 Å². The summed E-state index contributed by atoms with van der Waals surface area (Å²) in [4.78, 5) is 23.6. The Morgan fingerprint density at radius 3 is 2.55 bits per heavy atom. The molecule has 1 aliphatic heterocycles. The molecule has 0 saturated heterocycles. The summed E-state index contributed by atoms with van der Waals surface area (Å²) in [6, 6.07) is 13.5. The Morgan fingerprint density at radius 1 is 1.08 bits per heavy atom. The second-order valence-electron chi connectivity index (χ2n) is 8.22. The number of hydrogen-bond donors (Lipinski definition) is 2. The molecular formula is C25H17F3N4O6. The quantitative estimate of drug-likeness (QED) is 0.209. The highest BCUT2D eigenvalue weighted by Gasteiger charge is 2.33. The van der Waals surface area contributed by atoms with Gasteiger partial charge in [0, 0.05) is 16.8 Å². The molecule has 38 heavy (non-hydrogen) atoms. The second-order valence-corrected chi connectivity index (χ2v) is 8.22. The van der Waals surface area contributed by atoms with E-state index in [2.05, 4.69) is 10.5 Å². The zero-order valence-electron chi connectivity index (χ0n) is 19.2. The minimum atomic E-state index is -4.76. The Kier molecular flexibility index (Phi) is 6.11. The highest BCUT2D eigenvalue weighted by Crippen LogP contribution is 2.35. The third kappa shape index (κ3) is 4.56. The standard InChI is InChI=1S/C25H17F3N4O6/c26-25(27,28)15-6-7-19(20(10-15)32(35)36)30-29-11-18-16-3-1-2-4-17(16)23(33)31(24(18)34)12-14-5-8-21-22(9-14)38-13-37-21/h1-11,30,34H,12-13H2. The highest BCUT2D eigenvalue weighted by atomic mass is 19.4. The lowest BCUT2D eigenvalue weighted by Crippen LogP contribution is -2.22. The van der Waals surface area contributed by atoms with E-state index in [0.717, 1.165) is 16.8 Å². The summed E-state index contributed by atoms with van der Waals surface area (Å²) in [6.45, 7) is 0.0510. The van der Waals surface area contributed by atoms with Gasteiger partial charge in [-0.05, 0) is 35.9 Å². The molecule has 0 aliphatic carbocycles. The SMILES string of the molecule is O=c1c2ccccc2c(C=NNc2ccc(C(F)(F)F)cc2[N+](=O)[O-])c(O)n1Cc1ccc2c(c1)OCO2. The van der Waals surface area contributed by atoms with Gasteiger partial charge in [0.2, 0.25) is 12.7 Å². The van der Waals surface area contributed by atoms with Gasteiger partial charge in [0.25, 0.3) is 11.2 Å². The highest BCUT2D eigenvalue weighted by molar-refractivity contribution is 6.01. The molecule has 0 atom stereocenters. The summed E-state index contributed by atoms with van der Waals surface area (Å²) in [7, 11) is 0. The van der Waals surface area contributed by atoms with Crippen LogP contribution in [0.3, 0.4) is 0 Å². The van der Waals surface area contributed by atoms with Crippen molar-refractivity contribution >= 4 is 28.4 Å². The number of rotatable bonds is 6. The van der Waals surface area contributed by atoms with Crippen molar-refractivity contribution in [3.8, 4) is 17.4 Å². The number of benzene rings is 3. The molecule has 3 aromatic carbocycles. The Bertz CT molecular complexity index is 1670. The smallest absolute Gasteiger partial charge is 0.416 e. The fourth-order valence-electron chi connectivity index (χ4n) is 4.03. The van der Waals surface area contributed by atoms with Gasteiger partial charge in [-0.2, -0.15) is 18.3 Å². The van der Waals surface area contributed by atoms with Crippen molar-refractivity contribution < 1.29 is 32.7 Å². The molecule has 0 bridgehead atoms. The predicted molar refractivity (Wildman–Crippen MR) is 131 cm³/mol. The average molecular weight is 526 g/mol. The number of nitrogens with zero attached hydrogens (tertiary/aromatic N) is 3. The number of halogens is 3. The molecule has 10 nitrogen and oxygen atoms in total. The van der Waals surface area contributed by atoms with E-state index in [1.165, 1.54) is 0 Å². The van der Waals surface area contributed by atoms with Crippen LogP contribution in [0.25, 0.3) is 10.8 Å². The van der Waals surface area contributed by atoms with Gasteiger partial charge in [0.15, 0.2) is 11.5 Å². The molecule has 0 spiro atoms. The first kappa shape index (κ1) is 24.6. The number of fused-ring (bicyclic) bond motifs is 2. The number of nitrogens with one attached hydrogen (secondary N) is 1. The van der Waals surface area contributed by atoms with E-state index in [-0.39, 0.29) is 30.0 Å². The molecule has 1 aromatic heterocycles. The lowest BCUT2D eigenvalue weighted by atomic mass is 10.1. The molecule has 194 valence electrons. The number of ether oxygens (including phenoxy) is 2. The maximum atomic E-state index is 13.2. The first-order valence-corrected chi connectivity index (χ1v) is 11.0. The minimum Gasteiger partial charge on any atom is -0.494 e. The molecule has 0 radical (unpaired) electrons. The third-order valence-electron chi connectivity index (χ3n) is 5.87. The number of alkyl halides is 3. The molecule has 0 amide bonds. The number of hydrazone groups is 1. The predicted octanol–water partition coefficient (Wildman–Crippen LogP) is 4.86. The fourth-order valence-corrected chi connectivity index (χ4v) is 4.03. The van der Waals surface area contributed by atoms with E-state index < -0.39 is 33.8 Å². The third-order valence-corrected chi connectivity index (χ3v) is 5.87. The molecule has 1 aliphatic rings. The number of pyridine rings is 1. The summed E-state index contributed by atoms with van der Waals surface area (Å²) in [5.41, 5.74) is 0.329. The van der Waals surface area contributed by atoms with Crippen LogP contribution in [0, 0.1) is 10.1 Å². The summed E-state index contributed by atoms with van der Waals surface area (Å²) >= 11 is 0. The number of aromatic hydroxyl groups is 1. The summed E-state index contributed by atoms with van der Waals surface area (Å²) in [6.07, 6.45) is -3.63. The fraction of sp³-hybridized carbons (Fsp3) is 0.120. The lowest BCUT2D eigenvalue weighted by Gasteiger charge is -2.14. The molecule has 0 unspecified atom stereocenters. The number of aromatic nitrogens is 1. The molecule has 5 rings (SSSR count). The Balaban J connectivity index is 1.52. The normalized spacial score (nSPS) is 12.8. The zero-order chi connectivity index (χ0) is 27.0. The lowest BCUT2D eigenvalue weighted by molar-refractivity contribution is -0.384. The van der Waals surface area contributed by atoms with Gasteiger partial charge >= 0.3 is 6.18 Å². The first-order chi connectivity index (χ1) is 18.1. The maximum Gasteiger partial charge on any atom is 0.416 e. The van der Waals surface area contributed by atoms with Crippen molar-refractivity contribution in [3.05, 3.63) is 97.8 Å². The van der Waals surface area contributed by atoms with Gasteiger partial charge < -0.3 is 14.6 Å². The maximum absolute atomic E-state index is 13.2. The molecular weight excluding hydrogens is 509 g/mol. The van der Waals surface area contributed by atoms with Crippen LogP contribution in [-0.2, 0) is 12.7 Å². The van der Waals surface area contributed by atoms with E-state index in [0.29, 0.717) is 34.6 Å². The van der Waals surface area contributed by atoms with Crippen LogP contribution in [-0.4, -0.2) is 27.6 Å². The van der Waals surface area contributed by atoms with Gasteiger partial charge in [0.05, 0.1) is 28.8 Å². The van der Waals surface area contributed by atoms with Crippen LogP contribution < -0.4 is 20.5 Å². The number of hydrogen-bond acceptors (Lipinski definition) is 8. The largest absolute Gasteiger partial charge is 0.494 e.